The number of para-hydroxylation sites is 1. The van der Waals surface area contributed by atoms with Crippen LogP contribution in [0.4, 0.5) is 10.5 Å². The minimum atomic E-state index is -0.269. The summed E-state index contributed by atoms with van der Waals surface area (Å²) in [6, 6.07) is 9.24. The largest absolute Gasteiger partial charge is 0.369 e. The van der Waals surface area contributed by atoms with E-state index >= 15 is 0 Å². The summed E-state index contributed by atoms with van der Waals surface area (Å²) in [5.74, 6) is -0.269. The fraction of sp³-hybridized carbons (Fsp3) is 0.526. The molecule has 2 saturated heterocycles. The van der Waals surface area contributed by atoms with Crippen molar-refractivity contribution < 1.29 is 14.4 Å². The van der Waals surface area contributed by atoms with Crippen LogP contribution in [0.15, 0.2) is 30.3 Å². The van der Waals surface area contributed by atoms with Crippen LogP contribution in [0.25, 0.3) is 0 Å². The van der Waals surface area contributed by atoms with Gasteiger partial charge in [-0.05, 0) is 37.8 Å². The maximum Gasteiger partial charge on any atom is 0.321 e. The number of carbonyl (C=O) groups is 3. The van der Waals surface area contributed by atoms with E-state index in [1.165, 1.54) is 0 Å². The number of rotatable bonds is 3. The molecular weight excluding hydrogens is 332 g/mol. The average Bonchev–Trinajstić information content (AvgIpc) is 2.68. The van der Waals surface area contributed by atoms with Crippen LogP contribution in [0.3, 0.4) is 0 Å². The minimum absolute atomic E-state index is 0.0408. The van der Waals surface area contributed by atoms with E-state index in [0.717, 1.165) is 5.69 Å². The fourth-order valence-electron chi connectivity index (χ4n) is 3.70. The van der Waals surface area contributed by atoms with Gasteiger partial charge in [-0.25, -0.2) is 4.79 Å². The zero-order chi connectivity index (χ0) is 18.5. The lowest BCUT2D eigenvalue weighted by Gasteiger charge is -2.36. The first kappa shape index (κ1) is 18.2. The summed E-state index contributed by atoms with van der Waals surface area (Å²) in [5, 5.41) is 2.88. The number of benzene rings is 1. The molecule has 0 aromatic heterocycles. The smallest absolute Gasteiger partial charge is 0.321 e. The quantitative estimate of drug-likeness (QED) is 0.860. The second-order valence-electron chi connectivity index (χ2n) is 7.06. The predicted octanol–water partition coefficient (Wildman–Crippen LogP) is 1.65. The second kappa shape index (κ2) is 8.21. The highest BCUT2D eigenvalue weighted by Crippen LogP contribution is 2.24. The molecule has 7 heteroatoms. The van der Waals surface area contributed by atoms with E-state index in [1.54, 1.807) is 4.90 Å². The molecule has 2 aliphatic heterocycles. The zero-order valence-corrected chi connectivity index (χ0v) is 14.9. The van der Waals surface area contributed by atoms with Crippen molar-refractivity contribution in [2.24, 2.45) is 17.6 Å². The molecule has 3 rings (SSSR count). The van der Waals surface area contributed by atoms with Gasteiger partial charge in [0, 0.05) is 43.7 Å². The molecule has 4 amide bonds. The molecule has 7 nitrogen and oxygen atoms in total. The molecule has 3 N–H and O–H groups in total. The third-order valence-corrected chi connectivity index (χ3v) is 5.37. The zero-order valence-electron chi connectivity index (χ0n) is 14.9. The number of primary amides is 1. The number of likely N-dealkylation sites (tertiary alicyclic amines) is 2. The lowest BCUT2D eigenvalue weighted by Crippen LogP contribution is -2.48. The molecule has 1 aromatic rings. The Morgan fingerprint density at radius 2 is 1.38 bits per heavy atom. The Bertz CT molecular complexity index is 648. The number of anilines is 1. The maximum atomic E-state index is 12.7. The number of amides is 4. The Balaban J connectivity index is 1.45. The average molecular weight is 358 g/mol. The Morgan fingerprint density at radius 3 is 1.96 bits per heavy atom. The minimum Gasteiger partial charge on any atom is -0.369 e. The van der Waals surface area contributed by atoms with Crippen molar-refractivity contribution >= 4 is 23.5 Å². The lowest BCUT2D eigenvalue weighted by molar-refractivity contribution is -0.139. The van der Waals surface area contributed by atoms with Gasteiger partial charge < -0.3 is 20.9 Å². The van der Waals surface area contributed by atoms with Crippen LogP contribution in [0.2, 0.25) is 0 Å². The molecule has 0 radical (unpaired) electrons. The first-order valence-electron chi connectivity index (χ1n) is 9.23. The molecule has 2 heterocycles. The molecule has 0 saturated carbocycles. The third-order valence-electron chi connectivity index (χ3n) is 5.37. The number of piperidine rings is 2. The summed E-state index contributed by atoms with van der Waals surface area (Å²) >= 11 is 0. The van der Waals surface area contributed by atoms with Crippen molar-refractivity contribution in [2.75, 3.05) is 31.5 Å². The van der Waals surface area contributed by atoms with E-state index in [9.17, 15) is 14.4 Å². The van der Waals surface area contributed by atoms with E-state index in [1.807, 2.05) is 35.2 Å². The third kappa shape index (κ3) is 4.33. The van der Waals surface area contributed by atoms with Gasteiger partial charge in [-0.1, -0.05) is 18.2 Å². The van der Waals surface area contributed by atoms with E-state index in [4.69, 9.17) is 5.73 Å². The molecule has 1 aromatic carbocycles. The summed E-state index contributed by atoms with van der Waals surface area (Å²) in [4.78, 5) is 39.9. The van der Waals surface area contributed by atoms with Gasteiger partial charge in [-0.15, -0.1) is 0 Å². The van der Waals surface area contributed by atoms with Gasteiger partial charge in [0.05, 0.1) is 0 Å². The van der Waals surface area contributed by atoms with Crippen molar-refractivity contribution in [3.8, 4) is 0 Å². The predicted molar refractivity (Wildman–Crippen MR) is 98.3 cm³/mol. The van der Waals surface area contributed by atoms with Gasteiger partial charge in [0.2, 0.25) is 11.8 Å². The van der Waals surface area contributed by atoms with Gasteiger partial charge in [-0.2, -0.15) is 0 Å². The highest BCUT2D eigenvalue weighted by Gasteiger charge is 2.33. The molecule has 0 unspecified atom stereocenters. The standard InChI is InChI=1S/C19H26N4O3/c20-17(24)14-6-10-22(11-7-14)18(25)15-8-12-23(13-9-15)19(26)21-16-4-2-1-3-5-16/h1-5,14-15H,6-13H2,(H2,20,24)(H,21,26). The first-order chi connectivity index (χ1) is 12.5. The Morgan fingerprint density at radius 1 is 0.846 bits per heavy atom. The molecule has 0 spiro atoms. The lowest BCUT2D eigenvalue weighted by atomic mass is 9.92. The van der Waals surface area contributed by atoms with Crippen LogP contribution in [0.1, 0.15) is 25.7 Å². The van der Waals surface area contributed by atoms with Crippen molar-refractivity contribution in [3.05, 3.63) is 30.3 Å². The molecule has 2 aliphatic rings. The molecule has 0 bridgehead atoms. The summed E-state index contributed by atoms with van der Waals surface area (Å²) in [6.45, 7) is 2.35. The molecular formula is C19H26N4O3. The normalized spacial score (nSPS) is 19.2. The number of urea groups is 1. The number of hydrogen-bond acceptors (Lipinski definition) is 3. The molecule has 2 fully saturated rings. The number of nitrogens with zero attached hydrogens (tertiary/aromatic N) is 2. The van der Waals surface area contributed by atoms with Crippen LogP contribution >= 0.6 is 0 Å². The van der Waals surface area contributed by atoms with Gasteiger partial charge in [-0.3, -0.25) is 9.59 Å². The van der Waals surface area contributed by atoms with Crippen molar-refractivity contribution in [1.82, 2.24) is 9.80 Å². The van der Waals surface area contributed by atoms with Gasteiger partial charge in [0.25, 0.3) is 0 Å². The van der Waals surface area contributed by atoms with Crippen LogP contribution < -0.4 is 11.1 Å². The Hall–Kier alpha value is -2.57. The molecule has 0 atom stereocenters. The van der Waals surface area contributed by atoms with Crippen molar-refractivity contribution in [2.45, 2.75) is 25.7 Å². The van der Waals surface area contributed by atoms with E-state index in [-0.39, 0.29) is 29.7 Å². The van der Waals surface area contributed by atoms with Crippen LogP contribution in [0, 0.1) is 11.8 Å². The van der Waals surface area contributed by atoms with Gasteiger partial charge in [0.1, 0.15) is 0 Å². The highest BCUT2D eigenvalue weighted by atomic mass is 16.2. The Labute approximate surface area is 153 Å². The van der Waals surface area contributed by atoms with Crippen LogP contribution in [-0.4, -0.2) is 53.8 Å². The molecule has 0 aliphatic carbocycles. The maximum absolute atomic E-state index is 12.7. The van der Waals surface area contributed by atoms with Crippen molar-refractivity contribution in [1.29, 1.82) is 0 Å². The number of hydrogen-bond donors (Lipinski definition) is 2. The number of nitrogens with one attached hydrogen (secondary N) is 1. The van der Waals surface area contributed by atoms with Gasteiger partial charge >= 0.3 is 6.03 Å². The number of nitrogens with two attached hydrogens (primary N) is 1. The molecule has 140 valence electrons. The second-order valence-corrected chi connectivity index (χ2v) is 7.06. The van der Waals surface area contributed by atoms with E-state index in [2.05, 4.69) is 5.32 Å². The Kier molecular flexibility index (Phi) is 5.75. The summed E-state index contributed by atoms with van der Waals surface area (Å²) in [5.41, 5.74) is 6.12. The summed E-state index contributed by atoms with van der Waals surface area (Å²) < 4.78 is 0. The topological polar surface area (TPSA) is 95.7 Å². The van der Waals surface area contributed by atoms with E-state index in [0.29, 0.717) is 51.9 Å². The highest BCUT2D eigenvalue weighted by molar-refractivity contribution is 5.89. The summed E-state index contributed by atoms with van der Waals surface area (Å²) in [7, 11) is 0. The van der Waals surface area contributed by atoms with Crippen LogP contribution in [-0.2, 0) is 9.59 Å². The number of carbonyl (C=O) groups excluding carboxylic acids is 3. The monoisotopic (exact) mass is 358 g/mol. The molecule has 26 heavy (non-hydrogen) atoms. The first-order valence-corrected chi connectivity index (χ1v) is 9.23. The van der Waals surface area contributed by atoms with Crippen molar-refractivity contribution in [3.63, 3.8) is 0 Å². The SMILES string of the molecule is NC(=O)C1CCN(C(=O)C2CCN(C(=O)Nc3ccccc3)CC2)CC1. The summed E-state index contributed by atoms with van der Waals surface area (Å²) in [6.07, 6.45) is 2.66. The van der Waals surface area contributed by atoms with Gasteiger partial charge in [0.15, 0.2) is 0 Å². The van der Waals surface area contributed by atoms with E-state index < -0.39 is 0 Å². The van der Waals surface area contributed by atoms with Crippen LogP contribution in [0.5, 0.6) is 0 Å². The fourth-order valence-corrected chi connectivity index (χ4v) is 3.70.